The van der Waals surface area contributed by atoms with Crippen LogP contribution in [-0.4, -0.2) is 76.5 Å². The minimum Gasteiger partial charge on any atom is -0.342 e. The van der Waals surface area contributed by atoms with Gasteiger partial charge in [-0.2, -0.15) is 0 Å². The van der Waals surface area contributed by atoms with Crippen LogP contribution in [0, 0.1) is 0 Å². The first-order chi connectivity index (χ1) is 14.7. The molecule has 0 atom stereocenters. The molecule has 2 amide bonds. The first-order valence-electron chi connectivity index (χ1n) is 10.6. The normalized spacial score (nSPS) is 17.3. The number of rotatable bonds is 6. The number of aromatic nitrogens is 1. The van der Waals surface area contributed by atoms with Crippen LogP contribution in [0.5, 0.6) is 0 Å². The molecule has 0 saturated carbocycles. The second-order valence-electron chi connectivity index (χ2n) is 7.76. The van der Waals surface area contributed by atoms with Crippen molar-refractivity contribution >= 4 is 23.6 Å². The number of carbonyl (C=O) groups excluding carboxylic acids is 2. The van der Waals surface area contributed by atoms with Crippen molar-refractivity contribution in [3.05, 3.63) is 59.9 Å². The summed E-state index contributed by atoms with van der Waals surface area (Å²) in [5.41, 5.74) is 1.76. The summed E-state index contributed by atoms with van der Waals surface area (Å²) in [4.78, 5) is 37.0. The van der Waals surface area contributed by atoms with Gasteiger partial charge in [0.15, 0.2) is 0 Å². The van der Waals surface area contributed by atoms with Gasteiger partial charge in [0.1, 0.15) is 0 Å². The lowest BCUT2D eigenvalue weighted by Crippen LogP contribution is -2.48. The average Bonchev–Trinajstić information content (AvgIpc) is 3.34. The van der Waals surface area contributed by atoms with Crippen molar-refractivity contribution in [1.82, 2.24) is 19.7 Å². The molecule has 6 nitrogen and oxygen atoms in total. The number of carbonyl (C=O) groups is 2. The molecular weight excluding hydrogens is 396 g/mol. The molecule has 30 heavy (non-hydrogen) atoms. The number of benzene rings is 1. The summed E-state index contributed by atoms with van der Waals surface area (Å²) in [6.07, 6.45) is 4.01. The minimum atomic E-state index is 0.0595. The molecule has 7 heteroatoms. The molecule has 0 spiro atoms. The predicted molar refractivity (Wildman–Crippen MR) is 118 cm³/mol. The van der Waals surface area contributed by atoms with Crippen LogP contribution in [0.3, 0.4) is 0 Å². The van der Waals surface area contributed by atoms with E-state index in [1.807, 2.05) is 58.5 Å². The fourth-order valence-electron chi connectivity index (χ4n) is 3.97. The SMILES string of the molecule is O=C(CSc1ccccc1C(=O)N1CCN(Cc2ccccn2)CC1)N1CCCC1. The minimum absolute atomic E-state index is 0.0595. The molecule has 4 rings (SSSR count). The van der Waals surface area contributed by atoms with Crippen LogP contribution in [0.2, 0.25) is 0 Å². The highest BCUT2D eigenvalue weighted by Crippen LogP contribution is 2.25. The summed E-state index contributed by atoms with van der Waals surface area (Å²) in [5.74, 6) is 0.620. The van der Waals surface area contributed by atoms with Crippen LogP contribution in [0.4, 0.5) is 0 Å². The molecule has 2 aliphatic heterocycles. The van der Waals surface area contributed by atoms with Gasteiger partial charge < -0.3 is 9.80 Å². The van der Waals surface area contributed by atoms with E-state index in [-0.39, 0.29) is 11.8 Å². The maximum absolute atomic E-state index is 13.2. The molecular formula is C23H28N4O2S. The molecule has 0 bridgehead atoms. The summed E-state index contributed by atoms with van der Waals surface area (Å²) in [6, 6.07) is 13.6. The van der Waals surface area contributed by atoms with Crippen molar-refractivity contribution < 1.29 is 9.59 Å². The molecule has 2 saturated heterocycles. The fraction of sp³-hybridized carbons (Fsp3) is 0.435. The highest BCUT2D eigenvalue weighted by Gasteiger charge is 2.25. The van der Waals surface area contributed by atoms with Crippen molar-refractivity contribution in [2.45, 2.75) is 24.3 Å². The molecule has 2 aliphatic rings. The third-order valence-electron chi connectivity index (χ3n) is 5.70. The van der Waals surface area contributed by atoms with E-state index in [1.165, 1.54) is 11.8 Å². The van der Waals surface area contributed by atoms with Gasteiger partial charge in [-0.05, 0) is 37.1 Å². The van der Waals surface area contributed by atoms with E-state index < -0.39 is 0 Å². The van der Waals surface area contributed by atoms with Crippen molar-refractivity contribution in [3.8, 4) is 0 Å². The monoisotopic (exact) mass is 424 g/mol. The Morgan fingerprint density at radius 2 is 1.60 bits per heavy atom. The summed E-state index contributed by atoms with van der Waals surface area (Å²) in [5, 5.41) is 0. The third-order valence-corrected chi connectivity index (χ3v) is 6.76. The lowest BCUT2D eigenvalue weighted by Gasteiger charge is -2.34. The molecule has 0 N–H and O–H groups in total. The van der Waals surface area contributed by atoms with E-state index in [2.05, 4.69) is 9.88 Å². The van der Waals surface area contributed by atoms with Gasteiger partial charge in [-0.25, -0.2) is 0 Å². The number of hydrogen-bond donors (Lipinski definition) is 0. The Bertz CT molecular complexity index is 863. The average molecular weight is 425 g/mol. The third kappa shape index (κ3) is 5.21. The van der Waals surface area contributed by atoms with E-state index >= 15 is 0 Å². The standard InChI is InChI=1S/C23H28N4O2S/c28-22(26-11-5-6-12-26)18-30-21-9-2-1-8-20(21)23(29)27-15-13-25(14-16-27)17-19-7-3-4-10-24-19/h1-4,7-10H,5-6,11-18H2. The van der Waals surface area contributed by atoms with Crippen LogP contribution in [-0.2, 0) is 11.3 Å². The van der Waals surface area contributed by atoms with E-state index in [0.717, 1.165) is 56.2 Å². The van der Waals surface area contributed by atoms with Crippen LogP contribution < -0.4 is 0 Å². The highest BCUT2D eigenvalue weighted by atomic mass is 32.2. The van der Waals surface area contributed by atoms with Gasteiger partial charge in [-0.15, -0.1) is 11.8 Å². The molecule has 158 valence electrons. The van der Waals surface area contributed by atoms with Gasteiger partial charge >= 0.3 is 0 Å². The molecule has 0 radical (unpaired) electrons. The Labute approximate surface area is 182 Å². The quantitative estimate of drug-likeness (QED) is 0.668. The van der Waals surface area contributed by atoms with Gasteiger partial charge in [-0.3, -0.25) is 19.5 Å². The predicted octanol–water partition coefficient (Wildman–Crippen LogP) is 2.75. The molecule has 2 fully saturated rings. The van der Waals surface area contributed by atoms with Gasteiger partial charge in [-0.1, -0.05) is 18.2 Å². The highest BCUT2D eigenvalue weighted by molar-refractivity contribution is 8.00. The molecule has 0 unspecified atom stereocenters. The smallest absolute Gasteiger partial charge is 0.255 e. The Kier molecular flexibility index (Phi) is 7.02. The number of amides is 2. The number of nitrogens with zero attached hydrogens (tertiary/aromatic N) is 4. The van der Waals surface area contributed by atoms with Crippen LogP contribution in [0.1, 0.15) is 28.9 Å². The second-order valence-corrected chi connectivity index (χ2v) is 8.78. The molecule has 3 heterocycles. The van der Waals surface area contributed by atoms with E-state index in [9.17, 15) is 9.59 Å². The lowest BCUT2D eigenvalue weighted by molar-refractivity contribution is -0.127. The number of piperazine rings is 1. The largest absolute Gasteiger partial charge is 0.342 e. The summed E-state index contributed by atoms with van der Waals surface area (Å²) < 4.78 is 0. The molecule has 1 aromatic heterocycles. The first-order valence-corrected chi connectivity index (χ1v) is 11.6. The van der Waals surface area contributed by atoms with Crippen molar-refractivity contribution in [1.29, 1.82) is 0 Å². The van der Waals surface area contributed by atoms with Crippen LogP contribution in [0.25, 0.3) is 0 Å². The Hall–Kier alpha value is -2.38. The first kappa shape index (κ1) is 20.9. The maximum atomic E-state index is 13.2. The van der Waals surface area contributed by atoms with Gasteiger partial charge in [0.2, 0.25) is 5.91 Å². The second kappa shape index (κ2) is 10.1. The summed E-state index contributed by atoms with van der Waals surface area (Å²) in [6.45, 7) is 5.63. The fourth-order valence-corrected chi connectivity index (χ4v) is 4.91. The van der Waals surface area contributed by atoms with Crippen LogP contribution in [0.15, 0.2) is 53.6 Å². The summed E-state index contributed by atoms with van der Waals surface area (Å²) >= 11 is 1.48. The van der Waals surface area contributed by atoms with Gasteiger partial charge in [0.25, 0.3) is 5.91 Å². The Morgan fingerprint density at radius 3 is 2.33 bits per heavy atom. The number of likely N-dealkylation sites (tertiary alicyclic amines) is 1. The number of pyridine rings is 1. The zero-order valence-corrected chi connectivity index (χ0v) is 18.0. The topological polar surface area (TPSA) is 56.8 Å². The number of hydrogen-bond acceptors (Lipinski definition) is 5. The van der Waals surface area contributed by atoms with Gasteiger partial charge in [0.05, 0.1) is 17.0 Å². The zero-order valence-electron chi connectivity index (χ0n) is 17.2. The van der Waals surface area contributed by atoms with E-state index in [4.69, 9.17) is 0 Å². The van der Waals surface area contributed by atoms with Crippen molar-refractivity contribution in [2.24, 2.45) is 0 Å². The molecule has 2 aromatic rings. The zero-order chi connectivity index (χ0) is 20.8. The van der Waals surface area contributed by atoms with E-state index in [1.54, 1.807) is 0 Å². The van der Waals surface area contributed by atoms with E-state index in [0.29, 0.717) is 24.4 Å². The lowest BCUT2D eigenvalue weighted by atomic mass is 10.1. The Balaban J connectivity index is 1.33. The summed E-state index contributed by atoms with van der Waals surface area (Å²) in [7, 11) is 0. The maximum Gasteiger partial charge on any atom is 0.255 e. The molecule has 0 aliphatic carbocycles. The van der Waals surface area contributed by atoms with Crippen molar-refractivity contribution in [3.63, 3.8) is 0 Å². The Morgan fingerprint density at radius 1 is 0.867 bits per heavy atom. The van der Waals surface area contributed by atoms with Gasteiger partial charge in [0, 0.05) is 56.9 Å². The van der Waals surface area contributed by atoms with Crippen LogP contribution >= 0.6 is 11.8 Å². The molecule has 1 aromatic carbocycles. The van der Waals surface area contributed by atoms with Crippen molar-refractivity contribution in [2.75, 3.05) is 45.0 Å². The number of thioether (sulfide) groups is 1.